The quantitative estimate of drug-likeness (QED) is 0.835. The lowest BCUT2D eigenvalue weighted by molar-refractivity contribution is 0.643. The summed E-state index contributed by atoms with van der Waals surface area (Å²) in [5.41, 5.74) is 2.13. The molecular weight excluding hydrogens is 228 g/mol. The van der Waals surface area contributed by atoms with Gasteiger partial charge in [-0.05, 0) is 6.07 Å². The molecule has 0 saturated heterocycles. The molecule has 96 valence electrons. The lowest BCUT2D eigenvalue weighted by Gasteiger charge is -2.12. The molecule has 1 N–H and O–H groups in total. The van der Waals surface area contributed by atoms with E-state index in [4.69, 9.17) is 0 Å². The van der Waals surface area contributed by atoms with E-state index in [0.717, 1.165) is 30.4 Å². The minimum absolute atomic E-state index is 0.727. The van der Waals surface area contributed by atoms with Gasteiger partial charge >= 0.3 is 0 Å². The average Bonchev–Trinajstić information content (AvgIpc) is 2.73. The van der Waals surface area contributed by atoms with E-state index in [1.165, 1.54) is 0 Å². The second-order valence-electron chi connectivity index (χ2n) is 4.31. The molecule has 2 aromatic rings. The van der Waals surface area contributed by atoms with Gasteiger partial charge in [0.15, 0.2) is 0 Å². The predicted molar refractivity (Wildman–Crippen MR) is 70.1 cm³/mol. The molecule has 0 aliphatic rings. The molecule has 0 unspecified atom stereocenters. The molecule has 0 spiro atoms. The highest BCUT2D eigenvalue weighted by molar-refractivity contribution is 5.30. The van der Waals surface area contributed by atoms with Crippen LogP contribution in [0.1, 0.15) is 11.4 Å². The molecule has 2 aromatic heterocycles. The summed E-state index contributed by atoms with van der Waals surface area (Å²) in [6, 6.07) is 1.90. The van der Waals surface area contributed by atoms with Gasteiger partial charge in [0.1, 0.15) is 6.33 Å². The Hall–Kier alpha value is -1.95. The number of hydrogen-bond acceptors (Lipinski definition) is 5. The lowest BCUT2D eigenvalue weighted by Crippen LogP contribution is -2.18. The number of imidazole rings is 1. The SMILES string of the molecule is CN(C)c1ncc(CNCc2ccncn2)n1C. The van der Waals surface area contributed by atoms with Gasteiger partial charge in [0.25, 0.3) is 0 Å². The van der Waals surface area contributed by atoms with Crippen LogP contribution in [0.2, 0.25) is 0 Å². The van der Waals surface area contributed by atoms with Crippen molar-refractivity contribution >= 4 is 5.95 Å². The zero-order valence-electron chi connectivity index (χ0n) is 11.0. The number of nitrogens with one attached hydrogen (secondary N) is 1. The van der Waals surface area contributed by atoms with Crippen molar-refractivity contribution in [1.82, 2.24) is 24.8 Å². The summed E-state index contributed by atoms with van der Waals surface area (Å²) in [6.45, 7) is 1.49. The Morgan fingerprint density at radius 2 is 2.11 bits per heavy atom. The highest BCUT2D eigenvalue weighted by atomic mass is 15.3. The van der Waals surface area contributed by atoms with Crippen molar-refractivity contribution in [3.63, 3.8) is 0 Å². The van der Waals surface area contributed by atoms with E-state index in [0.29, 0.717) is 0 Å². The molecular formula is C12H18N6. The van der Waals surface area contributed by atoms with Crippen LogP contribution in [-0.4, -0.2) is 33.6 Å². The first-order valence-electron chi connectivity index (χ1n) is 5.82. The van der Waals surface area contributed by atoms with E-state index in [1.807, 2.05) is 38.3 Å². The molecule has 0 aliphatic heterocycles. The van der Waals surface area contributed by atoms with E-state index in [-0.39, 0.29) is 0 Å². The fraction of sp³-hybridized carbons (Fsp3) is 0.417. The topological polar surface area (TPSA) is 58.9 Å². The van der Waals surface area contributed by atoms with Gasteiger partial charge in [0, 0.05) is 40.4 Å². The van der Waals surface area contributed by atoms with Crippen LogP contribution in [-0.2, 0) is 20.1 Å². The molecule has 2 heterocycles. The Balaban J connectivity index is 1.91. The highest BCUT2D eigenvalue weighted by Crippen LogP contribution is 2.10. The van der Waals surface area contributed by atoms with Crippen molar-refractivity contribution in [3.05, 3.63) is 36.2 Å². The fourth-order valence-electron chi connectivity index (χ4n) is 1.75. The van der Waals surface area contributed by atoms with E-state index in [2.05, 4.69) is 24.8 Å². The third kappa shape index (κ3) is 2.84. The van der Waals surface area contributed by atoms with E-state index >= 15 is 0 Å². The molecule has 0 atom stereocenters. The van der Waals surface area contributed by atoms with Gasteiger partial charge < -0.3 is 14.8 Å². The Labute approximate surface area is 107 Å². The summed E-state index contributed by atoms with van der Waals surface area (Å²) in [4.78, 5) is 14.4. The first-order chi connectivity index (χ1) is 8.68. The average molecular weight is 246 g/mol. The zero-order valence-corrected chi connectivity index (χ0v) is 11.0. The fourth-order valence-corrected chi connectivity index (χ4v) is 1.75. The monoisotopic (exact) mass is 246 g/mol. The predicted octanol–water partition coefficient (Wildman–Crippen LogP) is 0.566. The first kappa shape index (κ1) is 12.5. The van der Waals surface area contributed by atoms with Crippen molar-refractivity contribution < 1.29 is 0 Å². The molecule has 0 saturated carbocycles. The molecule has 0 aromatic carbocycles. The lowest BCUT2D eigenvalue weighted by atomic mass is 10.4. The Morgan fingerprint density at radius 3 is 2.72 bits per heavy atom. The zero-order chi connectivity index (χ0) is 13.0. The number of nitrogens with zero attached hydrogens (tertiary/aromatic N) is 5. The molecule has 0 radical (unpaired) electrons. The van der Waals surface area contributed by atoms with Crippen LogP contribution in [0.15, 0.2) is 24.8 Å². The van der Waals surface area contributed by atoms with Crippen molar-refractivity contribution in [2.75, 3.05) is 19.0 Å². The Kier molecular flexibility index (Phi) is 3.88. The van der Waals surface area contributed by atoms with Gasteiger partial charge in [-0.2, -0.15) is 0 Å². The summed E-state index contributed by atoms with van der Waals surface area (Å²) in [6.07, 6.45) is 5.20. The maximum Gasteiger partial charge on any atom is 0.204 e. The maximum atomic E-state index is 4.36. The van der Waals surface area contributed by atoms with Crippen LogP contribution in [0.4, 0.5) is 5.95 Å². The van der Waals surface area contributed by atoms with Crippen LogP contribution in [0.5, 0.6) is 0 Å². The molecule has 6 nitrogen and oxygen atoms in total. The Bertz CT molecular complexity index is 491. The summed E-state index contributed by atoms with van der Waals surface area (Å²) in [5, 5.41) is 3.34. The molecule has 2 rings (SSSR count). The number of anilines is 1. The third-order valence-corrected chi connectivity index (χ3v) is 2.72. The summed E-state index contributed by atoms with van der Waals surface area (Å²) in [7, 11) is 5.99. The second-order valence-corrected chi connectivity index (χ2v) is 4.31. The molecule has 0 bridgehead atoms. The van der Waals surface area contributed by atoms with Gasteiger partial charge in [0.2, 0.25) is 5.95 Å². The van der Waals surface area contributed by atoms with E-state index < -0.39 is 0 Å². The minimum atomic E-state index is 0.727. The van der Waals surface area contributed by atoms with Crippen molar-refractivity contribution in [3.8, 4) is 0 Å². The van der Waals surface area contributed by atoms with Crippen LogP contribution in [0, 0.1) is 0 Å². The minimum Gasteiger partial charge on any atom is -0.348 e. The standard InChI is InChI=1S/C12H18N6/c1-17(2)12-15-8-11(18(12)3)7-14-6-10-4-5-13-9-16-10/h4-5,8-9,14H,6-7H2,1-3H3. The smallest absolute Gasteiger partial charge is 0.204 e. The van der Waals surface area contributed by atoms with Gasteiger partial charge in [-0.3, -0.25) is 0 Å². The van der Waals surface area contributed by atoms with Crippen LogP contribution >= 0.6 is 0 Å². The Morgan fingerprint density at radius 1 is 1.28 bits per heavy atom. The summed E-state index contributed by atoms with van der Waals surface area (Å²) < 4.78 is 2.08. The van der Waals surface area contributed by atoms with Crippen LogP contribution in [0.25, 0.3) is 0 Å². The third-order valence-electron chi connectivity index (χ3n) is 2.72. The summed E-state index contributed by atoms with van der Waals surface area (Å²) in [5.74, 6) is 0.953. The molecule has 0 amide bonds. The summed E-state index contributed by atoms with van der Waals surface area (Å²) >= 11 is 0. The van der Waals surface area contributed by atoms with Crippen molar-refractivity contribution in [1.29, 1.82) is 0 Å². The number of rotatable bonds is 5. The second kappa shape index (κ2) is 5.59. The molecule has 0 fully saturated rings. The van der Waals surface area contributed by atoms with Gasteiger partial charge in [-0.15, -0.1) is 0 Å². The number of hydrogen-bond donors (Lipinski definition) is 1. The molecule has 0 aliphatic carbocycles. The largest absolute Gasteiger partial charge is 0.348 e. The number of aromatic nitrogens is 4. The van der Waals surface area contributed by atoms with Gasteiger partial charge in [-0.25, -0.2) is 15.0 Å². The van der Waals surface area contributed by atoms with Gasteiger partial charge in [-0.1, -0.05) is 0 Å². The first-order valence-corrected chi connectivity index (χ1v) is 5.82. The van der Waals surface area contributed by atoms with E-state index in [9.17, 15) is 0 Å². The maximum absolute atomic E-state index is 4.36. The van der Waals surface area contributed by atoms with Gasteiger partial charge in [0.05, 0.1) is 17.6 Å². The van der Waals surface area contributed by atoms with Crippen LogP contribution < -0.4 is 10.2 Å². The highest BCUT2D eigenvalue weighted by Gasteiger charge is 2.07. The van der Waals surface area contributed by atoms with Crippen molar-refractivity contribution in [2.24, 2.45) is 7.05 Å². The van der Waals surface area contributed by atoms with Crippen LogP contribution in [0.3, 0.4) is 0 Å². The van der Waals surface area contributed by atoms with Crippen molar-refractivity contribution in [2.45, 2.75) is 13.1 Å². The normalized spacial score (nSPS) is 10.6. The molecule has 18 heavy (non-hydrogen) atoms. The molecule has 6 heteroatoms. The van der Waals surface area contributed by atoms with E-state index in [1.54, 1.807) is 12.5 Å².